The summed E-state index contributed by atoms with van der Waals surface area (Å²) in [6.45, 7) is 5.66. The zero-order valence-corrected chi connectivity index (χ0v) is 20.3. The van der Waals surface area contributed by atoms with Crippen LogP contribution in [0.25, 0.3) is 11.1 Å². The number of carbonyl (C=O) groups is 1. The van der Waals surface area contributed by atoms with E-state index in [1.54, 1.807) is 12.4 Å². The highest BCUT2D eigenvalue weighted by Gasteiger charge is 2.35. The Kier molecular flexibility index (Phi) is 8.06. The number of pyridine rings is 2. The average molecular weight is 515 g/mol. The van der Waals surface area contributed by atoms with Crippen LogP contribution in [-0.4, -0.2) is 33.9 Å². The number of hydrogen-bond acceptors (Lipinski definition) is 4. The number of carbonyl (C=O) groups excluding carboxylic acids is 1. The second-order valence-electron chi connectivity index (χ2n) is 8.62. The number of benzene rings is 1. The van der Waals surface area contributed by atoms with Gasteiger partial charge in [0, 0.05) is 43.3 Å². The Morgan fingerprint density at radius 2 is 2.03 bits per heavy atom. The predicted molar refractivity (Wildman–Crippen MR) is 133 cm³/mol. The maximum Gasteiger partial charge on any atom is 0.417 e. The molecular formula is C27H26ClF3N4O. The molecule has 1 aliphatic heterocycles. The first kappa shape index (κ1) is 25.9. The Morgan fingerprint density at radius 1 is 1.19 bits per heavy atom. The number of hydrogen-bond donors (Lipinski definition) is 1. The molecule has 36 heavy (non-hydrogen) atoms. The van der Waals surface area contributed by atoms with Crippen molar-refractivity contribution in [3.63, 3.8) is 0 Å². The van der Waals surface area contributed by atoms with E-state index in [1.165, 1.54) is 0 Å². The molecule has 1 atom stereocenters. The molecule has 0 spiro atoms. The lowest BCUT2D eigenvalue weighted by Gasteiger charge is -2.37. The van der Waals surface area contributed by atoms with Gasteiger partial charge in [0.15, 0.2) is 0 Å². The minimum atomic E-state index is -4.68. The minimum absolute atomic E-state index is 0.0929. The van der Waals surface area contributed by atoms with E-state index in [4.69, 9.17) is 11.6 Å². The Bertz CT molecular complexity index is 1230. The first-order chi connectivity index (χ1) is 17.3. The number of halogens is 4. The molecule has 1 fully saturated rings. The van der Waals surface area contributed by atoms with E-state index in [2.05, 4.69) is 26.8 Å². The maximum absolute atomic E-state index is 13.2. The molecule has 1 N–H and O–H groups in total. The van der Waals surface area contributed by atoms with Crippen LogP contribution in [0.15, 0.2) is 67.6 Å². The van der Waals surface area contributed by atoms with Crippen molar-refractivity contribution in [1.82, 2.24) is 20.2 Å². The maximum atomic E-state index is 13.2. The summed E-state index contributed by atoms with van der Waals surface area (Å²) in [7, 11) is 0. The van der Waals surface area contributed by atoms with Gasteiger partial charge in [-0.2, -0.15) is 13.2 Å². The van der Waals surface area contributed by atoms with Crippen LogP contribution in [0.3, 0.4) is 0 Å². The molecule has 1 saturated heterocycles. The summed E-state index contributed by atoms with van der Waals surface area (Å²) in [4.78, 5) is 23.3. The van der Waals surface area contributed by atoms with Crippen LogP contribution in [0.2, 0.25) is 5.02 Å². The van der Waals surface area contributed by atoms with Crippen molar-refractivity contribution in [1.29, 1.82) is 0 Å². The van der Waals surface area contributed by atoms with Gasteiger partial charge in [-0.1, -0.05) is 48.4 Å². The molecule has 2 aromatic heterocycles. The number of alkyl halides is 3. The molecule has 1 aliphatic rings. The molecule has 188 valence electrons. The molecule has 1 aromatic carbocycles. The highest BCUT2D eigenvalue weighted by atomic mass is 35.5. The standard InChI is InChI=1S/C27H26ClF3N4O/c1-2-14-35-15-4-3-10-22(35)23-19(7-5-9-20(23)18-8-6-12-32-16-18)17-34-26(36)25-24(28)21(11-13-33-25)27(29,30)31/h2,5-9,11-13,16,22H,1,3-4,10,14-15,17H2,(H,34,36)/t22-/m0/s1. The third kappa shape index (κ3) is 5.60. The quantitative estimate of drug-likeness (QED) is 0.368. The van der Waals surface area contributed by atoms with Crippen molar-refractivity contribution < 1.29 is 18.0 Å². The molecule has 3 aromatic rings. The normalized spacial score (nSPS) is 16.5. The van der Waals surface area contributed by atoms with Crippen LogP contribution in [0.1, 0.15) is 52.5 Å². The van der Waals surface area contributed by atoms with Gasteiger partial charge in [0.1, 0.15) is 5.69 Å². The summed E-state index contributed by atoms with van der Waals surface area (Å²) in [5.41, 5.74) is 2.34. The van der Waals surface area contributed by atoms with Crippen LogP contribution in [-0.2, 0) is 12.7 Å². The van der Waals surface area contributed by atoms with Crippen molar-refractivity contribution in [2.24, 2.45) is 0 Å². The van der Waals surface area contributed by atoms with Crippen molar-refractivity contribution in [3.05, 3.63) is 95.1 Å². The predicted octanol–water partition coefficient (Wildman–Crippen LogP) is 6.46. The molecule has 3 heterocycles. The molecule has 0 unspecified atom stereocenters. The zero-order chi connectivity index (χ0) is 25.7. The number of aromatic nitrogens is 2. The highest BCUT2D eigenvalue weighted by Crippen LogP contribution is 2.39. The van der Waals surface area contributed by atoms with Gasteiger partial charge < -0.3 is 5.32 Å². The first-order valence-electron chi connectivity index (χ1n) is 11.7. The lowest BCUT2D eigenvalue weighted by atomic mass is 9.86. The molecule has 0 radical (unpaired) electrons. The smallest absolute Gasteiger partial charge is 0.347 e. The number of nitrogens with one attached hydrogen (secondary N) is 1. The summed E-state index contributed by atoms with van der Waals surface area (Å²) in [5.74, 6) is -0.768. The van der Waals surface area contributed by atoms with Crippen molar-refractivity contribution in [3.8, 4) is 11.1 Å². The number of nitrogens with zero attached hydrogens (tertiary/aromatic N) is 3. The molecule has 4 rings (SSSR count). The van der Waals surface area contributed by atoms with Crippen molar-refractivity contribution in [2.45, 2.75) is 38.0 Å². The van der Waals surface area contributed by atoms with Gasteiger partial charge in [0.2, 0.25) is 0 Å². The monoisotopic (exact) mass is 514 g/mol. The van der Waals surface area contributed by atoms with Crippen LogP contribution in [0, 0.1) is 0 Å². The largest absolute Gasteiger partial charge is 0.417 e. The van der Waals surface area contributed by atoms with Gasteiger partial charge in [-0.25, -0.2) is 4.98 Å². The van der Waals surface area contributed by atoms with Crippen molar-refractivity contribution in [2.75, 3.05) is 13.1 Å². The lowest BCUT2D eigenvalue weighted by molar-refractivity contribution is -0.137. The Hall–Kier alpha value is -3.23. The number of amides is 1. The van der Waals surface area contributed by atoms with E-state index in [0.29, 0.717) is 0 Å². The van der Waals surface area contributed by atoms with E-state index in [0.717, 1.165) is 66.9 Å². The van der Waals surface area contributed by atoms with E-state index in [-0.39, 0.29) is 12.6 Å². The fourth-order valence-electron chi connectivity index (χ4n) is 4.72. The van der Waals surface area contributed by atoms with Crippen LogP contribution >= 0.6 is 11.6 Å². The highest BCUT2D eigenvalue weighted by molar-refractivity contribution is 6.34. The van der Waals surface area contributed by atoms with E-state index >= 15 is 0 Å². The first-order valence-corrected chi connectivity index (χ1v) is 12.1. The topological polar surface area (TPSA) is 58.1 Å². The molecule has 5 nitrogen and oxygen atoms in total. The van der Waals surface area contributed by atoms with Crippen LogP contribution in [0.5, 0.6) is 0 Å². The molecule has 1 amide bonds. The third-order valence-electron chi connectivity index (χ3n) is 6.33. The van der Waals surface area contributed by atoms with E-state index in [1.807, 2.05) is 36.4 Å². The second kappa shape index (κ2) is 11.2. The van der Waals surface area contributed by atoms with E-state index < -0.39 is 28.4 Å². The molecular weight excluding hydrogens is 489 g/mol. The number of rotatable bonds is 7. The summed E-state index contributed by atoms with van der Waals surface area (Å²) >= 11 is 5.92. The third-order valence-corrected chi connectivity index (χ3v) is 6.71. The summed E-state index contributed by atoms with van der Waals surface area (Å²) in [5, 5.41) is 2.02. The molecule has 9 heteroatoms. The van der Waals surface area contributed by atoms with Crippen LogP contribution in [0.4, 0.5) is 13.2 Å². The lowest BCUT2D eigenvalue weighted by Crippen LogP contribution is -2.35. The SMILES string of the molecule is C=CCN1CCCC[C@H]1c1c(CNC(=O)c2nccc(C(F)(F)F)c2Cl)cccc1-c1cccnc1. The summed E-state index contributed by atoms with van der Waals surface area (Å²) in [6.07, 6.45) is 4.74. The van der Waals surface area contributed by atoms with Gasteiger partial charge in [0.25, 0.3) is 5.91 Å². The number of likely N-dealkylation sites (tertiary alicyclic amines) is 1. The van der Waals surface area contributed by atoms with E-state index in [9.17, 15) is 18.0 Å². The molecule has 0 saturated carbocycles. The van der Waals surface area contributed by atoms with Gasteiger partial charge >= 0.3 is 6.18 Å². The molecule has 0 bridgehead atoms. The van der Waals surface area contributed by atoms with Crippen molar-refractivity contribution >= 4 is 17.5 Å². The Balaban J connectivity index is 1.69. The number of piperidine rings is 1. The van der Waals surface area contributed by atoms with Crippen LogP contribution < -0.4 is 5.32 Å². The average Bonchev–Trinajstić information content (AvgIpc) is 2.87. The molecule has 0 aliphatic carbocycles. The van der Waals surface area contributed by atoms with Gasteiger partial charge in [0.05, 0.1) is 10.6 Å². The fraction of sp³-hybridized carbons (Fsp3) is 0.296. The Morgan fingerprint density at radius 3 is 2.75 bits per heavy atom. The summed E-state index contributed by atoms with van der Waals surface area (Å²) in [6, 6.07) is 10.6. The van der Waals surface area contributed by atoms with Gasteiger partial charge in [-0.05, 0) is 48.2 Å². The van der Waals surface area contributed by atoms with Gasteiger partial charge in [-0.3, -0.25) is 14.7 Å². The zero-order valence-electron chi connectivity index (χ0n) is 19.6. The second-order valence-corrected chi connectivity index (χ2v) is 8.99. The minimum Gasteiger partial charge on any atom is -0.347 e. The van der Waals surface area contributed by atoms with Gasteiger partial charge in [-0.15, -0.1) is 6.58 Å². The Labute approximate surface area is 213 Å². The fourth-order valence-corrected chi connectivity index (χ4v) is 5.02. The summed E-state index contributed by atoms with van der Waals surface area (Å²) < 4.78 is 39.7.